The number of halogens is 2. The van der Waals surface area contributed by atoms with Gasteiger partial charge in [-0.25, -0.2) is 13.6 Å². The first-order valence-corrected chi connectivity index (χ1v) is 11.2. The lowest BCUT2D eigenvalue weighted by Crippen LogP contribution is -2.35. The third kappa shape index (κ3) is 3.71. The van der Waals surface area contributed by atoms with Crippen molar-refractivity contribution in [2.45, 2.75) is 32.7 Å². The molecule has 3 atom stereocenters. The Morgan fingerprint density at radius 2 is 2.09 bits per heavy atom. The van der Waals surface area contributed by atoms with Crippen molar-refractivity contribution < 1.29 is 18.7 Å². The molecule has 0 radical (unpaired) electrons. The predicted molar refractivity (Wildman–Crippen MR) is 121 cm³/mol. The summed E-state index contributed by atoms with van der Waals surface area (Å²) in [7, 11) is 0. The molecular weight excluding hydrogens is 426 g/mol. The van der Waals surface area contributed by atoms with E-state index in [1.807, 2.05) is 6.08 Å². The van der Waals surface area contributed by atoms with Crippen molar-refractivity contribution in [1.82, 2.24) is 9.55 Å². The number of aromatic nitrogens is 2. The highest BCUT2D eigenvalue weighted by atomic mass is 19.1. The van der Waals surface area contributed by atoms with Gasteiger partial charge >= 0.3 is 5.97 Å². The summed E-state index contributed by atoms with van der Waals surface area (Å²) < 4.78 is 29.8. The lowest BCUT2D eigenvalue weighted by atomic mass is 9.91. The predicted octanol–water partition coefficient (Wildman–Crippen LogP) is 3.50. The van der Waals surface area contributed by atoms with Crippen LogP contribution in [0.25, 0.3) is 23.3 Å². The van der Waals surface area contributed by atoms with Gasteiger partial charge in [0.15, 0.2) is 0 Å². The minimum atomic E-state index is -1.23. The number of aromatic carboxylic acids is 1. The number of nitrogens with one attached hydrogen (secondary N) is 1. The summed E-state index contributed by atoms with van der Waals surface area (Å²) in [6.07, 6.45) is 8.55. The molecule has 33 heavy (non-hydrogen) atoms. The first-order valence-electron chi connectivity index (χ1n) is 11.2. The van der Waals surface area contributed by atoms with E-state index in [9.17, 15) is 23.5 Å². The van der Waals surface area contributed by atoms with Crippen LogP contribution < -0.4 is 16.1 Å². The lowest BCUT2D eigenvalue weighted by Gasteiger charge is -2.14. The van der Waals surface area contributed by atoms with Gasteiger partial charge in [0.1, 0.15) is 17.3 Å². The van der Waals surface area contributed by atoms with E-state index >= 15 is 0 Å². The van der Waals surface area contributed by atoms with Crippen LogP contribution in [-0.4, -0.2) is 20.6 Å². The highest BCUT2D eigenvalue weighted by Crippen LogP contribution is 2.48. The Kier molecular flexibility index (Phi) is 5.27. The maximum absolute atomic E-state index is 14.5. The molecule has 0 bridgehead atoms. The highest BCUT2D eigenvalue weighted by Gasteiger charge is 2.41. The molecule has 0 aliphatic heterocycles. The molecule has 0 amide bonds. The van der Waals surface area contributed by atoms with E-state index in [0.717, 1.165) is 37.5 Å². The molecule has 2 aliphatic carbocycles. The van der Waals surface area contributed by atoms with E-state index in [2.05, 4.69) is 18.0 Å². The summed E-state index contributed by atoms with van der Waals surface area (Å²) in [6.45, 7) is 2.01. The van der Waals surface area contributed by atoms with Gasteiger partial charge in [0, 0.05) is 33.5 Å². The summed E-state index contributed by atoms with van der Waals surface area (Å²) in [5.41, 5.74) is 0.123. The molecule has 0 saturated heterocycles. The quantitative estimate of drug-likeness (QED) is 0.604. The number of carboxylic acids is 1. The minimum absolute atomic E-state index is 0.0487. The number of carbonyl (C=O) groups is 1. The molecule has 2 heterocycles. The molecule has 5 rings (SSSR count). The highest BCUT2D eigenvalue weighted by molar-refractivity contribution is 5.95. The molecule has 0 spiro atoms. The molecule has 3 aromatic rings. The monoisotopic (exact) mass is 450 g/mol. The number of nitrogens with zero attached hydrogens (tertiary/aromatic N) is 1. The van der Waals surface area contributed by atoms with Crippen molar-refractivity contribution in [2.75, 3.05) is 0 Å². The normalized spacial score (nSPS) is 21.1. The number of H-pyrrole nitrogens is 1. The Hall–Kier alpha value is -3.48. The molecule has 1 fully saturated rings. The van der Waals surface area contributed by atoms with Crippen molar-refractivity contribution in [1.29, 1.82) is 0 Å². The molecule has 2 aromatic heterocycles. The SMILES string of the molecule is CC[C@H]1C[C@H]1C1C=c2c(-c3ccc[nH]c3=O)c(C(=O)O)n(Cc3cc(F)ccc3F)c2=CC1. The molecule has 1 aromatic carbocycles. The second-order valence-corrected chi connectivity index (χ2v) is 8.90. The molecule has 2 N–H and O–H groups in total. The van der Waals surface area contributed by atoms with Crippen LogP contribution in [0.2, 0.25) is 0 Å². The molecule has 1 unspecified atom stereocenters. The van der Waals surface area contributed by atoms with Crippen LogP contribution in [-0.2, 0) is 6.54 Å². The van der Waals surface area contributed by atoms with E-state index in [4.69, 9.17) is 0 Å². The van der Waals surface area contributed by atoms with E-state index in [0.29, 0.717) is 28.0 Å². The van der Waals surface area contributed by atoms with E-state index in [1.54, 1.807) is 12.1 Å². The summed E-state index contributed by atoms with van der Waals surface area (Å²) in [5.74, 6) is -0.983. The van der Waals surface area contributed by atoms with Gasteiger partial charge in [-0.15, -0.1) is 0 Å². The Labute approximate surface area is 188 Å². The number of fused-ring (bicyclic) bond motifs is 1. The second-order valence-electron chi connectivity index (χ2n) is 8.90. The van der Waals surface area contributed by atoms with Crippen LogP contribution in [0.3, 0.4) is 0 Å². The molecule has 2 aliphatic rings. The van der Waals surface area contributed by atoms with Gasteiger partial charge in [0.2, 0.25) is 0 Å². The van der Waals surface area contributed by atoms with Crippen molar-refractivity contribution >= 4 is 18.1 Å². The molecule has 170 valence electrons. The maximum atomic E-state index is 14.5. The second kappa shape index (κ2) is 8.14. The third-order valence-electron chi connectivity index (χ3n) is 6.98. The molecule has 1 saturated carbocycles. The Balaban J connectivity index is 1.78. The maximum Gasteiger partial charge on any atom is 0.353 e. The third-order valence-corrected chi connectivity index (χ3v) is 6.98. The zero-order chi connectivity index (χ0) is 23.3. The standard InChI is InChI=1S/C26H24F2N2O3/c1-2-14-11-19(14)15-5-8-22-20(12-15)23(18-4-3-9-29-25(18)31)24(26(32)33)30(22)13-16-10-17(27)6-7-21(16)28/h3-4,6-10,12,14-15,19H,2,5,11,13H2,1H3,(H,29,31)(H,32,33)/t14-,15?,19+/m0/s1. The smallest absolute Gasteiger partial charge is 0.353 e. The fraction of sp³-hybridized carbons (Fsp3) is 0.308. The summed E-state index contributed by atoms with van der Waals surface area (Å²) >= 11 is 0. The van der Waals surface area contributed by atoms with Crippen LogP contribution in [0.5, 0.6) is 0 Å². The van der Waals surface area contributed by atoms with Crippen molar-refractivity contribution in [3.05, 3.63) is 80.3 Å². The van der Waals surface area contributed by atoms with Gasteiger partial charge in [0.05, 0.1) is 6.54 Å². The lowest BCUT2D eigenvalue weighted by molar-refractivity contribution is 0.0686. The van der Waals surface area contributed by atoms with Crippen molar-refractivity contribution in [3.8, 4) is 11.1 Å². The Morgan fingerprint density at radius 1 is 1.27 bits per heavy atom. The first-order chi connectivity index (χ1) is 15.9. The average Bonchev–Trinajstić information content (AvgIpc) is 3.52. The number of aromatic amines is 1. The number of pyridine rings is 1. The largest absolute Gasteiger partial charge is 0.477 e. The van der Waals surface area contributed by atoms with Crippen LogP contribution in [0.1, 0.15) is 42.2 Å². The van der Waals surface area contributed by atoms with Gasteiger partial charge in [-0.3, -0.25) is 4.79 Å². The summed E-state index contributed by atoms with van der Waals surface area (Å²) in [5, 5.41) is 11.5. The van der Waals surface area contributed by atoms with Gasteiger partial charge < -0.3 is 14.7 Å². The Bertz CT molecular complexity index is 1440. The van der Waals surface area contributed by atoms with Crippen LogP contribution in [0.15, 0.2) is 41.3 Å². The summed E-state index contributed by atoms with van der Waals surface area (Å²) in [6, 6.07) is 6.39. The zero-order valence-electron chi connectivity index (χ0n) is 18.1. The minimum Gasteiger partial charge on any atom is -0.477 e. The number of carboxylic acid groups (broad SMARTS) is 1. The number of hydrogen-bond donors (Lipinski definition) is 2. The van der Waals surface area contributed by atoms with Gasteiger partial charge in [-0.1, -0.05) is 25.5 Å². The molecule has 7 heteroatoms. The average molecular weight is 450 g/mol. The van der Waals surface area contributed by atoms with Crippen LogP contribution in [0, 0.1) is 29.4 Å². The zero-order valence-corrected chi connectivity index (χ0v) is 18.1. The fourth-order valence-corrected chi connectivity index (χ4v) is 5.25. The number of hydrogen-bond acceptors (Lipinski definition) is 2. The van der Waals surface area contributed by atoms with Gasteiger partial charge in [-0.2, -0.15) is 0 Å². The van der Waals surface area contributed by atoms with E-state index < -0.39 is 23.2 Å². The number of benzene rings is 1. The van der Waals surface area contributed by atoms with Gasteiger partial charge in [-0.05, 0) is 60.9 Å². The van der Waals surface area contributed by atoms with Crippen molar-refractivity contribution in [3.63, 3.8) is 0 Å². The van der Waals surface area contributed by atoms with E-state index in [1.165, 1.54) is 10.8 Å². The summed E-state index contributed by atoms with van der Waals surface area (Å²) in [4.78, 5) is 27.8. The van der Waals surface area contributed by atoms with Crippen LogP contribution >= 0.6 is 0 Å². The number of rotatable bonds is 6. The van der Waals surface area contributed by atoms with Crippen LogP contribution in [0.4, 0.5) is 8.78 Å². The first kappa shape index (κ1) is 21.4. The van der Waals surface area contributed by atoms with Crippen molar-refractivity contribution in [2.24, 2.45) is 17.8 Å². The topological polar surface area (TPSA) is 75.1 Å². The fourth-order valence-electron chi connectivity index (χ4n) is 5.25. The molecular formula is C26H24F2N2O3. The van der Waals surface area contributed by atoms with Gasteiger partial charge in [0.25, 0.3) is 5.56 Å². The Morgan fingerprint density at radius 3 is 2.79 bits per heavy atom. The van der Waals surface area contributed by atoms with E-state index in [-0.39, 0.29) is 29.3 Å². The molecule has 5 nitrogen and oxygen atoms in total.